The van der Waals surface area contributed by atoms with Gasteiger partial charge in [-0.2, -0.15) is 13.2 Å². The molecule has 0 fully saturated rings. The Morgan fingerprint density at radius 3 is 2.43 bits per heavy atom. The molecule has 0 aromatic heterocycles. The Morgan fingerprint density at radius 1 is 1.13 bits per heavy atom. The number of rotatable bonds is 6. The molecule has 0 aliphatic rings. The van der Waals surface area contributed by atoms with E-state index in [9.17, 15) is 18.3 Å². The van der Waals surface area contributed by atoms with E-state index in [0.29, 0.717) is 5.75 Å². The van der Waals surface area contributed by atoms with Crippen molar-refractivity contribution in [2.45, 2.75) is 12.3 Å². The van der Waals surface area contributed by atoms with E-state index < -0.39 is 17.8 Å². The van der Waals surface area contributed by atoms with E-state index in [0.717, 1.165) is 12.1 Å². The maximum absolute atomic E-state index is 12.9. The molecule has 1 unspecified atom stereocenters. The first kappa shape index (κ1) is 17.4. The molecule has 23 heavy (non-hydrogen) atoms. The third-order valence-electron chi connectivity index (χ3n) is 2.98. The molecule has 124 valence electrons. The van der Waals surface area contributed by atoms with Crippen molar-refractivity contribution in [3.8, 4) is 11.5 Å². The minimum Gasteiger partial charge on any atom is -0.455 e. The molecule has 2 aromatic rings. The van der Waals surface area contributed by atoms with E-state index in [1.807, 2.05) is 0 Å². The Bertz CT molecular complexity index is 635. The average molecular weight is 346 g/mol. The lowest BCUT2D eigenvalue weighted by Gasteiger charge is -2.17. The second kappa shape index (κ2) is 7.57. The number of hydrogen-bond donors (Lipinski definition) is 2. The Kier molecular flexibility index (Phi) is 5.74. The maximum Gasteiger partial charge on any atom is 0.416 e. The van der Waals surface area contributed by atoms with Gasteiger partial charge < -0.3 is 15.2 Å². The fraction of sp³-hybridized carbons (Fsp3) is 0.250. The third kappa shape index (κ3) is 5.04. The molecule has 0 aliphatic heterocycles. The van der Waals surface area contributed by atoms with Crippen LogP contribution < -0.4 is 10.1 Å². The molecule has 2 rings (SSSR count). The molecule has 2 aromatic carbocycles. The lowest BCUT2D eigenvalue weighted by molar-refractivity contribution is -0.137. The van der Waals surface area contributed by atoms with Crippen molar-refractivity contribution in [1.82, 2.24) is 0 Å². The summed E-state index contributed by atoms with van der Waals surface area (Å²) in [6.45, 7) is 0.00988. The summed E-state index contributed by atoms with van der Waals surface area (Å²) < 4.78 is 44.2. The molecule has 2 N–H and O–H groups in total. The van der Waals surface area contributed by atoms with Gasteiger partial charge in [-0.25, -0.2) is 0 Å². The predicted octanol–water partition coefficient (Wildman–Crippen LogP) is 4.51. The summed E-state index contributed by atoms with van der Waals surface area (Å²) in [5.74, 6) is 0.695. The van der Waals surface area contributed by atoms with Gasteiger partial charge in [0.25, 0.3) is 0 Å². The fourth-order valence-electron chi connectivity index (χ4n) is 1.83. The van der Waals surface area contributed by atoms with Crippen molar-refractivity contribution in [1.29, 1.82) is 0 Å². The smallest absolute Gasteiger partial charge is 0.416 e. The molecule has 0 amide bonds. The minimum absolute atomic E-state index is 0.00988. The topological polar surface area (TPSA) is 41.5 Å². The first-order valence-corrected chi connectivity index (χ1v) is 7.35. The van der Waals surface area contributed by atoms with Crippen LogP contribution >= 0.6 is 11.6 Å². The van der Waals surface area contributed by atoms with Gasteiger partial charge in [0, 0.05) is 6.54 Å². The highest BCUT2D eigenvalue weighted by molar-refractivity contribution is 6.18. The van der Waals surface area contributed by atoms with Gasteiger partial charge in [0.1, 0.15) is 5.75 Å². The van der Waals surface area contributed by atoms with E-state index in [4.69, 9.17) is 16.3 Å². The molecule has 0 saturated heterocycles. The van der Waals surface area contributed by atoms with Crippen LogP contribution in [0.5, 0.6) is 11.5 Å². The first-order valence-electron chi connectivity index (χ1n) is 6.82. The van der Waals surface area contributed by atoms with Crippen molar-refractivity contribution in [2.24, 2.45) is 0 Å². The van der Waals surface area contributed by atoms with Crippen LogP contribution in [-0.2, 0) is 6.18 Å². The van der Waals surface area contributed by atoms with Gasteiger partial charge in [-0.1, -0.05) is 18.2 Å². The number of nitrogens with one attached hydrogen (secondary N) is 1. The highest BCUT2D eigenvalue weighted by atomic mass is 35.5. The van der Waals surface area contributed by atoms with Crippen LogP contribution in [-0.4, -0.2) is 23.6 Å². The number of aliphatic hydroxyl groups excluding tert-OH is 1. The number of anilines is 1. The highest BCUT2D eigenvalue weighted by Crippen LogP contribution is 2.36. The van der Waals surface area contributed by atoms with Gasteiger partial charge in [0.2, 0.25) is 0 Å². The number of hydrogen-bond acceptors (Lipinski definition) is 3. The van der Waals surface area contributed by atoms with Gasteiger partial charge in [-0.05, 0) is 30.3 Å². The minimum atomic E-state index is -4.47. The zero-order valence-electron chi connectivity index (χ0n) is 12.0. The Morgan fingerprint density at radius 2 is 1.83 bits per heavy atom. The number of para-hydroxylation sites is 1. The zero-order valence-corrected chi connectivity index (χ0v) is 12.7. The number of alkyl halides is 4. The summed E-state index contributed by atoms with van der Waals surface area (Å²) in [5, 5.41) is 12.2. The van der Waals surface area contributed by atoms with E-state index in [2.05, 4.69) is 5.32 Å². The zero-order chi connectivity index (χ0) is 16.9. The summed E-state index contributed by atoms with van der Waals surface area (Å²) in [4.78, 5) is 0. The summed E-state index contributed by atoms with van der Waals surface area (Å²) in [5.41, 5.74) is -0.673. The molecule has 3 nitrogen and oxygen atoms in total. The Labute approximate surface area is 136 Å². The van der Waals surface area contributed by atoms with Crippen LogP contribution in [0.4, 0.5) is 18.9 Å². The average Bonchev–Trinajstić information content (AvgIpc) is 2.53. The normalized spacial score (nSPS) is 12.7. The van der Waals surface area contributed by atoms with E-state index >= 15 is 0 Å². The number of halogens is 4. The molecule has 0 aliphatic carbocycles. The molecule has 1 atom stereocenters. The quantitative estimate of drug-likeness (QED) is 0.757. The van der Waals surface area contributed by atoms with Crippen LogP contribution in [0.1, 0.15) is 5.56 Å². The first-order chi connectivity index (χ1) is 10.9. The van der Waals surface area contributed by atoms with E-state index in [-0.39, 0.29) is 23.9 Å². The lowest BCUT2D eigenvalue weighted by Crippen LogP contribution is -2.21. The molecule has 0 heterocycles. The fourth-order valence-corrected chi connectivity index (χ4v) is 1.94. The summed E-state index contributed by atoms with van der Waals surface area (Å²) in [6, 6.07) is 11.8. The van der Waals surface area contributed by atoms with Crippen molar-refractivity contribution < 1.29 is 23.0 Å². The van der Waals surface area contributed by atoms with Gasteiger partial charge >= 0.3 is 6.18 Å². The number of ether oxygens (including phenoxy) is 1. The molecule has 0 radical (unpaired) electrons. The van der Waals surface area contributed by atoms with Crippen molar-refractivity contribution >= 4 is 17.3 Å². The third-order valence-corrected chi connectivity index (χ3v) is 3.34. The molecular weight excluding hydrogens is 331 g/mol. The molecule has 0 bridgehead atoms. The van der Waals surface area contributed by atoms with Crippen LogP contribution in [0.3, 0.4) is 0 Å². The van der Waals surface area contributed by atoms with Crippen molar-refractivity contribution in [3.63, 3.8) is 0 Å². The van der Waals surface area contributed by atoms with Crippen molar-refractivity contribution in [2.75, 3.05) is 17.7 Å². The molecule has 7 heteroatoms. The van der Waals surface area contributed by atoms with Crippen LogP contribution in [0.15, 0.2) is 48.5 Å². The van der Waals surface area contributed by atoms with E-state index in [1.165, 1.54) is 6.07 Å². The predicted molar refractivity (Wildman–Crippen MR) is 83.2 cm³/mol. The van der Waals surface area contributed by atoms with Crippen LogP contribution in [0.25, 0.3) is 0 Å². The van der Waals surface area contributed by atoms with Gasteiger partial charge in [0.15, 0.2) is 5.75 Å². The Balaban J connectivity index is 2.28. The lowest BCUT2D eigenvalue weighted by atomic mass is 10.1. The van der Waals surface area contributed by atoms with Crippen LogP contribution in [0.2, 0.25) is 0 Å². The highest BCUT2D eigenvalue weighted by Gasteiger charge is 2.31. The second-order valence-corrected chi connectivity index (χ2v) is 5.12. The van der Waals surface area contributed by atoms with Gasteiger partial charge in [0.05, 0.1) is 23.2 Å². The second-order valence-electron chi connectivity index (χ2n) is 4.81. The van der Waals surface area contributed by atoms with Crippen molar-refractivity contribution in [3.05, 3.63) is 54.1 Å². The maximum atomic E-state index is 12.9. The standard InChI is InChI=1S/C16H15ClF3NO2/c17-9-12(22)10-21-14-8-11(16(18,19)20)6-7-15(14)23-13-4-2-1-3-5-13/h1-8,12,21-22H,9-10H2. The number of benzene rings is 2. The Hall–Kier alpha value is -1.92. The molecule has 0 saturated carbocycles. The monoisotopic (exact) mass is 345 g/mol. The van der Waals surface area contributed by atoms with Gasteiger partial charge in [-0.3, -0.25) is 0 Å². The summed E-state index contributed by atoms with van der Waals surface area (Å²) in [6.07, 6.45) is -5.34. The van der Waals surface area contributed by atoms with Gasteiger partial charge in [-0.15, -0.1) is 11.6 Å². The molecule has 0 spiro atoms. The van der Waals surface area contributed by atoms with E-state index in [1.54, 1.807) is 30.3 Å². The number of aliphatic hydroxyl groups is 1. The molecular formula is C16H15ClF3NO2. The summed E-state index contributed by atoms with van der Waals surface area (Å²) >= 11 is 5.49. The SMILES string of the molecule is OC(CCl)CNc1cc(C(F)(F)F)ccc1Oc1ccccc1. The van der Waals surface area contributed by atoms with Crippen LogP contribution in [0, 0.1) is 0 Å². The largest absolute Gasteiger partial charge is 0.455 e. The summed E-state index contributed by atoms with van der Waals surface area (Å²) in [7, 11) is 0.